The monoisotopic (exact) mass is 534 g/mol. The number of fused-ring (bicyclic) bond motifs is 1. The lowest BCUT2D eigenvalue weighted by atomic mass is 9.89. The number of benzene rings is 3. The van der Waals surface area contributed by atoms with Gasteiger partial charge in [0.15, 0.2) is 5.82 Å². The van der Waals surface area contributed by atoms with E-state index in [0.29, 0.717) is 23.9 Å². The smallest absolute Gasteiger partial charge is 0.253 e. The molecule has 3 heterocycles. The van der Waals surface area contributed by atoms with Crippen molar-refractivity contribution in [1.82, 2.24) is 30.1 Å². The summed E-state index contributed by atoms with van der Waals surface area (Å²) in [6.45, 7) is 4.29. The highest BCUT2D eigenvalue weighted by Crippen LogP contribution is 2.32. The lowest BCUT2D eigenvalue weighted by Crippen LogP contribution is -2.41. The Morgan fingerprint density at radius 2 is 1.75 bits per heavy atom. The van der Waals surface area contributed by atoms with Crippen molar-refractivity contribution in [3.63, 3.8) is 0 Å². The van der Waals surface area contributed by atoms with Gasteiger partial charge in [-0.3, -0.25) is 9.69 Å². The predicted octanol–water partition coefficient (Wildman–Crippen LogP) is 4.92. The summed E-state index contributed by atoms with van der Waals surface area (Å²) in [7, 11) is 1.66. The second-order valence-corrected chi connectivity index (χ2v) is 10.8. The summed E-state index contributed by atoms with van der Waals surface area (Å²) in [4.78, 5) is 19.1. The van der Waals surface area contributed by atoms with Gasteiger partial charge in [-0.25, -0.2) is 4.68 Å². The van der Waals surface area contributed by atoms with Gasteiger partial charge in [0.1, 0.15) is 11.8 Å². The summed E-state index contributed by atoms with van der Waals surface area (Å²) < 4.78 is 7.14. The Hall–Kier alpha value is -4.30. The van der Waals surface area contributed by atoms with E-state index in [9.17, 15) is 4.79 Å². The van der Waals surface area contributed by atoms with Gasteiger partial charge in [-0.1, -0.05) is 54.1 Å². The van der Waals surface area contributed by atoms with E-state index in [1.165, 1.54) is 5.56 Å². The number of aromatic nitrogens is 5. The van der Waals surface area contributed by atoms with Crippen LogP contribution < -0.4 is 10.3 Å². The first-order valence-electron chi connectivity index (χ1n) is 13.9. The molecule has 1 atom stereocenters. The standard InChI is InChI=1S/C32H34N6O2/c1-22-8-13-29-26(18-22)20-28(32(39)33-29)30(37-16-14-24(15-17-37)19-23-6-4-3-5-7-23)31-34-35-36-38(31)21-25-9-11-27(40-2)12-10-25/h3-13,18,20,24,30H,14-17,19,21H2,1-2H3,(H,33,39)/t30-/m0/s1. The predicted molar refractivity (Wildman–Crippen MR) is 156 cm³/mol. The summed E-state index contributed by atoms with van der Waals surface area (Å²) in [5.41, 5.74) is 4.97. The van der Waals surface area contributed by atoms with Crippen LogP contribution in [0, 0.1) is 12.8 Å². The summed E-state index contributed by atoms with van der Waals surface area (Å²) in [6.07, 6.45) is 3.18. The van der Waals surface area contributed by atoms with Crippen molar-refractivity contribution >= 4 is 10.9 Å². The van der Waals surface area contributed by atoms with Crippen LogP contribution in [0.5, 0.6) is 5.75 Å². The number of hydrogen-bond acceptors (Lipinski definition) is 6. The molecule has 5 aromatic rings. The molecule has 1 aliphatic heterocycles. The maximum absolute atomic E-state index is 13.6. The van der Waals surface area contributed by atoms with Crippen molar-refractivity contribution in [2.24, 2.45) is 5.92 Å². The van der Waals surface area contributed by atoms with Gasteiger partial charge in [-0.2, -0.15) is 0 Å². The van der Waals surface area contributed by atoms with E-state index >= 15 is 0 Å². The average molecular weight is 535 g/mol. The number of aromatic amines is 1. The minimum absolute atomic E-state index is 0.105. The van der Waals surface area contributed by atoms with Gasteiger partial charge < -0.3 is 9.72 Å². The Bertz CT molecular complexity index is 1640. The maximum Gasteiger partial charge on any atom is 0.253 e. The third-order valence-electron chi connectivity index (χ3n) is 8.00. The van der Waals surface area contributed by atoms with E-state index in [2.05, 4.69) is 68.7 Å². The van der Waals surface area contributed by atoms with Crippen LogP contribution in [0.2, 0.25) is 0 Å². The summed E-state index contributed by atoms with van der Waals surface area (Å²) in [6, 6.07) is 26.3. The molecule has 0 aliphatic carbocycles. The Morgan fingerprint density at radius 1 is 0.975 bits per heavy atom. The van der Waals surface area contributed by atoms with Crippen molar-refractivity contribution in [3.05, 3.63) is 117 Å². The molecule has 0 amide bonds. The van der Waals surface area contributed by atoms with Gasteiger partial charge in [0.2, 0.25) is 0 Å². The second-order valence-electron chi connectivity index (χ2n) is 10.8. The van der Waals surface area contributed by atoms with Crippen LogP contribution >= 0.6 is 0 Å². The fraction of sp³-hybridized carbons (Fsp3) is 0.312. The summed E-state index contributed by atoms with van der Waals surface area (Å²) in [5.74, 6) is 2.08. The van der Waals surface area contributed by atoms with E-state index in [1.54, 1.807) is 7.11 Å². The van der Waals surface area contributed by atoms with Crippen LogP contribution in [0.25, 0.3) is 10.9 Å². The van der Waals surface area contributed by atoms with Gasteiger partial charge in [-0.15, -0.1) is 5.10 Å². The highest BCUT2D eigenvalue weighted by atomic mass is 16.5. The molecule has 1 aliphatic rings. The Balaban J connectivity index is 1.34. The summed E-state index contributed by atoms with van der Waals surface area (Å²) in [5, 5.41) is 13.9. The van der Waals surface area contributed by atoms with Crippen LogP contribution in [0.4, 0.5) is 0 Å². The maximum atomic E-state index is 13.6. The molecule has 1 fully saturated rings. The van der Waals surface area contributed by atoms with Gasteiger partial charge in [0, 0.05) is 11.1 Å². The number of rotatable bonds is 8. The lowest BCUT2D eigenvalue weighted by molar-refractivity contribution is 0.143. The molecule has 0 bridgehead atoms. The first-order valence-corrected chi connectivity index (χ1v) is 13.9. The molecule has 204 valence electrons. The summed E-state index contributed by atoms with van der Waals surface area (Å²) >= 11 is 0. The highest BCUT2D eigenvalue weighted by molar-refractivity contribution is 5.79. The minimum Gasteiger partial charge on any atom is -0.497 e. The highest BCUT2D eigenvalue weighted by Gasteiger charge is 2.33. The fourth-order valence-corrected chi connectivity index (χ4v) is 5.83. The van der Waals surface area contributed by atoms with Crippen LogP contribution in [0.15, 0.2) is 83.7 Å². The third kappa shape index (κ3) is 5.53. The number of hydrogen-bond donors (Lipinski definition) is 1. The number of nitrogens with zero attached hydrogens (tertiary/aromatic N) is 5. The molecule has 0 unspecified atom stereocenters. The van der Waals surface area contributed by atoms with Gasteiger partial charge >= 0.3 is 0 Å². The second kappa shape index (κ2) is 11.4. The van der Waals surface area contributed by atoms with E-state index in [4.69, 9.17) is 4.74 Å². The number of nitrogens with one attached hydrogen (secondary N) is 1. The number of aryl methyl sites for hydroxylation is 1. The first-order chi connectivity index (χ1) is 19.6. The average Bonchev–Trinajstić information content (AvgIpc) is 3.43. The number of pyridine rings is 1. The third-order valence-corrected chi connectivity index (χ3v) is 8.00. The number of H-pyrrole nitrogens is 1. The Morgan fingerprint density at radius 3 is 2.50 bits per heavy atom. The first kappa shape index (κ1) is 26.0. The molecule has 1 saturated heterocycles. The van der Waals surface area contributed by atoms with Crippen molar-refractivity contribution in [2.45, 2.75) is 38.8 Å². The Labute approximate surface area is 233 Å². The largest absolute Gasteiger partial charge is 0.497 e. The lowest BCUT2D eigenvalue weighted by Gasteiger charge is -2.37. The molecule has 40 heavy (non-hydrogen) atoms. The molecule has 3 aromatic carbocycles. The van der Waals surface area contributed by atoms with E-state index in [1.807, 2.05) is 47.1 Å². The van der Waals surface area contributed by atoms with Gasteiger partial charge in [-0.05, 0) is 102 Å². The normalized spacial score (nSPS) is 15.3. The van der Waals surface area contributed by atoms with E-state index in [0.717, 1.165) is 60.1 Å². The van der Waals surface area contributed by atoms with Crippen molar-refractivity contribution in [2.75, 3.05) is 20.2 Å². The fourth-order valence-electron chi connectivity index (χ4n) is 5.83. The molecular weight excluding hydrogens is 500 g/mol. The number of tetrazole rings is 1. The van der Waals surface area contributed by atoms with Crippen LogP contribution in [0.1, 0.15) is 47.0 Å². The molecule has 8 nitrogen and oxygen atoms in total. The number of likely N-dealkylation sites (tertiary alicyclic amines) is 1. The van der Waals surface area contributed by atoms with Crippen molar-refractivity contribution < 1.29 is 4.74 Å². The quantitative estimate of drug-likeness (QED) is 0.304. The van der Waals surface area contributed by atoms with E-state index < -0.39 is 0 Å². The van der Waals surface area contributed by atoms with Crippen molar-refractivity contribution in [3.8, 4) is 5.75 Å². The number of ether oxygens (including phenoxy) is 1. The van der Waals surface area contributed by atoms with Crippen LogP contribution in [-0.4, -0.2) is 50.3 Å². The molecular formula is C32H34N6O2. The van der Waals surface area contributed by atoms with Gasteiger partial charge in [0.05, 0.1) is 13.7 Å². The molecule has 6 rings (SSSR count). The molecule has 0 saturated carbocycles. The SMILES string of the molecule is COc1ccc(Cn2nnnc2[C@H](c2cc3cc(C)ccc3[nH]c2=O)N2CCC(Cc3ccccc3)CC2)cc1. The topological polar surface area (TPSA) is 88.9 Å². The molecule has 0 spiro atoms. The number of methoxy groups -OCH3 is 1. The zero-order valence-electron chi connectivity index (χ0n) is 23.0. The van der Waals surface area contributed by atoms with Crippen LogP contribution in [-0.2, 0) is 13.0 Å². The minimum atomic E-state index is -0.361. The van der Waals surface area contributed by atoms with Crippen molar-refractivity contribution in [1.29, 1.82) is 0 Å². The van der Waals surface area contributed by atoms with Crippen LogP contribution in [0.3, 0.4) is 0 Å². The molecule has 0 radical (unpaired) electrons. The molecule has 8 heteroatoms. The zero-order chi connectivity index (χ0) is 27.5. The Kier molecular flexibility index (Phi) is 7.42. The zero-order valence-corrected chi connectivity index (χ0v) is 23.0. The van der Waals surface area contributed by atoms with E-state index in [-0.39, 0.29) is 11.6 Å². The van der Waals surface area contributed by atoms with Gasteiger partial charge in [0.25, 0.3) is 5.56 Å². The molecule has 1 N–H and O–H groups in total. The number of piperidine rings is 1. The molecule has 2 aromatic heterocycles.